The molecule has 0 aliphatic rings. The van der Waals surface area contributed by atoms with Crippen molar-refractivity contribution in [1.29, 1.82) is 0 Å². The predicted molar refractivity (Wildman–Crippen MR) is 102 cm³/mol. The summed E-state index contributed by atoms with van der Waals surface area (Å²) in [6.07, 6.45) is 3.27. The van der Waals surface area contributed by atoms with Gasteiger partial charge >= 0.3 is 0 Å². The lowest BCUT2D eigenvalue weighted by atomic mass is 10.1. The summed E-state index contributed by atoms with van der Waals surface area (Å²) in [5.41, 5.74) is 1.27. The summed E-state index contributed by atoms with van der Waals surface area (Å²) < 4.78 is 1.98. The number of hydrogen-bond acceptors (Lipinski definition) is 5. The van der Waals surface area contributed by atoms with Gasteiger partial charge in [-0.1, -0.05) is 37.6 Å². The Hall–Kier alpha value is -2.51. The fourth-order valence-corrected chi connectivity index (χ4v) is 3.62. The van der Waals surface area contributed by atoms with Crippen molar-refractivity contribution in [2.75, 3.05) is 5.32 Å². The second-order valence-electron chi connectivity index (χ2n) is 6.06. The number of aryl methyl sites for hydroxylation is 1. The van der Waals surface area contributed by atoms with Crippen LogP contribution < -0.4 is 5.32 Å². The molecule has 0 bridgehead atoms. The van der Waals surface area contributed by atoms with Crippen LogP contribution in [0.2, 0.25) is 4.47 Å². The average Bonchev–Trinajstić information content (AvgIpc) is 3.20. The van der Waals surface area contributed by atoms with E-state index in [0.717, 1.165) is 4.88 Å². The molecular weight excluding hydrogens is 372 g/mol. The van der Waals surface area contributed by atoms with Crippen LogP contribution in [-0.2, 0) is 7.05 Å². The van der Waals surface area contributed by atoms with Crippen molar-refractivity contribution in [2.24, 2.45) is 7.05 Å². The van der Waals surface area contributed by atoms with E-state index in [-0.39, 0.29) is 17.6 Å². The minimum Gasteiger partial charge on any atom is -0.331 e. The quantitative estimate of drug-likeness (QED) is 0.666. The molecule has 2 aromatic heterocycles. The standard InChI is InChI=1S/C18H17ClN4O2S/c1-10(2)15-13(22-18(19)26-15)17(25)21-12-6-4-5-11(9-12)14(24)16-20-7-8-23(16)3/h4-10H,1-3H3,(H,21,25). The second-order valence-corrected chi connectivity index (χ2v) is 7.67. The molecule has 2 heterocycles. The van der Waals surface area contributed by atoms with Crippen LogP contribution in [0.3, 0.4) is 0 Å². The fourth-order valence-electron chi connectivity index (χ4n) is 2.50. The highest BCUT2D eigenvalue weighted by molar-refractivity contribution is 7.16. The molecule has 0 unspecified atom stereocenters. The number of aromatic nitrogens is 3. The Morgan fingerprint density at radius 2 is 2.08 bits per heavy atom. The number of benzene rings is 1. The maximum absolute atomic E-state index is 12.6. The summed E-state index contributed by atoms with van der Waals surface area (Å²) in [6, 6.07) is 6.74. The summed E-state index contributed by atoms with van der Waals surface area (Å²) >= 11 is 7.27. The number of amides is 1. The molecule has 1 aromatic carbocycles. The zero-order valence-corrected chi connectivity index (χ0v) is 16.1. The van der Waals surface area contributed by atoms with Gasteiger partial charge < -0.3 is 9.88 Å². The van der Waals surface area contributed by atoms with Gasteiger partial charge in [0.2, 0.25) is 5.78 Å². The van der Waals surface area contributed by atoms with Gasteiger partial charge in [-0.3, -0.25) is 9.59 Å². The van der Waals surface area contributed by atoms with Gasteiger partial charge in [0.1, 0.15) is 5.69 Å². The van der Waals surface area contributed by atoms with Gasteiger partial charge in [0.15, 0.2) is 10.3 Å². The van der Waals surface area contributed by atoms with Crippen LogP contribution in [0.15, 0.2) is 36.7 Å². The number of anilines is 1. The maximum Gasteiger partial charge on any atom is 0.275 e. The first kappa shape index (κ1) is 18.3. The van der Waals surface area contributed by atoms with Crippen molar-refractivity contribution < 1.29 is 9.59 Å². The molecule has 0 aliphatic heterocycles. The van der Waals surface area contributed by atoms with Crippen LogP contribution in [0.1, 0.15) is 51.3 Å². The van der Waals surface area contributed by atoms with Crippen molar-refractivity contribution >= 4 is 40.3 Å². The number of ketones is 1. The molecule has 0 saturated heterocycles. The third-order valence-corrected chi connectivity index (χ3v) is 5.23. The molecule has 134 valence electrons. The number of halogens is 1. The lowest BCUT2D eigenvalue weighted by molar-refractivity contribution is 0.101. The number of hydrogen-bond donors (Lipinski definition) is 1. The van der Waals surface area contributed by atoms with Crippen LogP contribution in [-0.4, -0.2) is 26.2 Å². The van der Waals surface area contributed by atoms with Crippen molar-refractivity contribution in [3.63, 3.8) is 0 Å². The summed E-state index contributed by atoms with van der Waals surface area (Å²) in [5.74, 6) is -0.0921. The van der Waals surface area contributed by atoms with Gasteiger partial charge in [0.05, 0.1) is 0 Å². The Morgan fingerprint density at radius 3 is 2.73 bits per heavy atom. The topological polar surface area (TPSA) is 76.9 Å². The molecule has 26 heavy (non-hydrogen) atoms. The Morgan fingerprint density at radius 1 is 1.31 bits per heavy atom. The highest BCUT2D eigenvalue weighted by Crippen LogP contribution is 2.30. The minimum atomic E-state index is -0.349. The number of nitrogens with zero attached hydrogens (tertiary/aromatic N) is 3. The molecule has 8 heteroatoms. The van der Waals surface area contributed by atoms with E-state index in [4.69, 9.17) is 11.6 Å². The summed E-state index contributed by atoms with van der Waals surface area (Å²) in [6.45, 7) is 3.96. The zero-order chi connectivity index (χ0) is 18.8. The van der Waals surface area contributed by atoms with Crippen LogP contribution in [0.5, 0.6) is 0 Å². The Kier molecular flexibility index (Phi) is 5.20. The van der Waals surface area contributed by atoms with Gasteiger partial charge in [0.25, 0.3) is 5.91 Å². The molecular formula is C18H17ClN4O2S. The molecule has 1 amide bonds. The SMILES string of the molecule is CC(C)c1sc(Cl)nc1C(=O)Nc1cccc(C(=O)c2nccn2C)c1. The summed E-state index contributed by atoms with van der Waals surface area (Å²) in [4.78, 5) is 34.2. The van der Waals surface area contributed by atoms with Crippen molar-refractivity contribution in [2.45, 2.75) is 19.8 Å². The van der Waals surface area contributed by atoms with E-state index in [1.54, 1.807) is 48.3 Å². The third kappa shape index (κ3) is 3.68. The monoisotopic (exact) mass is 388 g/mol. The number of rotatable bonds is 5. The third-order valence-electron chi connectivity index (χ3n) is 3.77. The van der Waals surface area contributed by atoms with Gasteiger partial charge in [-0.25, -0.2) is 9.97 Å². The van der Waals surface area contributed by atoms with Gasteiger partial charge in [0, 0.05) is 35.6 Å². The molecule has 0 aliphatic carbocycles. The first-order valence-corrected chi connectivity index (χ1v) is 9.16. The van der Waals surface area contributed by atoms with E-state index in [0.29, 0.717) is 27.2 Å². The second kappa shape index (κ2) is 7.39. The van der Waals surface area contributed by atoms with Gasteiger partial charge in [-0.2, -0.15) is 0 Å². The van der Waals surface area contributed by atoms with Crippen LogP contribution in [0.25, 0.3) is 0 Å². The van der Waals surface area contributed by atoms with Crippen LogP contribution in [0, 0.1) is 0 Å². The molecule has 3 rings (SSSR count). The van der Waals surface area contributed by atoms with E-state index in [1.807, 2.05) is 13.8 Å². The van der Waals surface area contributed by atoms with Crippen LogP contribution >= 0.6 is 22.9 Å². The minimum absolute atomic E-state index is 0.136. The van der Waals surface area contributed by atoms with Crippen molar-refractivity contribution in [3.8, 4) is 0 Å². The lowest BCUT2D eigenvalue weighted by Gasteiger charge is -2.08. The lowest BCUT2D eigenvalue weighted by Crippen LogP contribution is -2.15. The van der Waals surface area contributed by atoms with Crippen molar-refractivity contribution in [1.82, 2.24) is 14.5 Å². The normalized spacial score (nSPS) is 11.0. The smallest absolute Gasteiger partial charge is 0.275 e. The molecule has 0 spiro atoms. The number of carbonyl (C=O) groups is 2. The molecule has 0 atom stereocenters. The zero-order valence-electron chi connectivity index (χ0n) is 14.5. The number of thiazole rings is 1. The molecule has 0 radical (unpaired) electrons. The molecule has 1 N–H and O–H groups in total. The maximum atomic E-state index is 12.6. The molecule has 0 saturated carbocycles. The highest BCUT2D eigenvalue weighted by Gasteiger charge is 2.20. The Balaban J connectivity index is 1.84. The predicted octanol–water partition coefficient (Wildman–Crippen LogP) is 4.14. The van der Waals surface area contributed by atoms with E-state index < -0.39 is 0 Å². The average molecular weight is 389 g/mol. The Bertz CT molecular complexity index is 977. The van der Waals surface area contributed by atoms with Crippen LogP contribution in [0.4, 0.5) is 5.69 Å². The Labute approximate surface area is 159 Å². The summed E-state index contributed by atoms with van der Waals surface area (Å²) in [7, 11) is 1.76. The number of nitrogens with one attached hydrogen (secondary N) is 1. The van der Waals surface area contributed by atoms with Crippen molar-refractivity contribution in [3.05, 3.63) is 63.1 Å². The highest BCUT2D eigenvalue weighted by atomic mass is 35.5. The number of imidazole rings is 1. The van der Waals surface area contributed by atoms with Gasteiger partial charge in [-0.05, 0) is 18.1 Å². The van der Waals surface area contributed by atoms with Gasteiger partial charge in [-0.15, -0.1) is 11.3 Å². The molecule has 3 aromatic rings. The van der Waals surface area contributed by atoms with E-state index in [9.17, 15) is 9.59 Å². The van der Waals surface area contributed by atoms with E-state index >= 15 is 0 Å². The van der Waals surface area contributed by atoms with E-state index in [1.165, 1.54) is 11.3 Å². The van der Waals surface area contributed by atoms with E-state index in [2.05, 4.69) is 15.3 Å². The first-order valence-electron chi connectivity index (χ1n) is 7.96. The largest absolute Gasteiger partial charge is 0.331 e. The molecule has 0 fully saturated rings. The number of carbonyl (C=O) groups excluding carboxylic acids is 2. The fraction of sp³-hybridized carbons (Fsp3) is 0.222. The molecule has 6 nitrogen and oxygen atoms in total. The first-order chi connectivity index (χ1) is 12.4. The summed E-state index contributed by atoms with van der Waals surface area (Å²) in [5, 5.41) is 2.79.